The van der Waals surface area contributed by atoms with Crippen molar-refractivity contribution < 1.29 is 18.7 Å². The van der Waals surface area contributed by atoms with Crippen LogP contribution in [0.2, 0.25) is 0 Å². The third-order valence-corrected chi connectivity index (χ3v) is 4.02. The molecule has 1 aromatic heterocycles. The van der Waals surface area contributed by atoms with E-state index in [2.05, 4.69) is 15.5 Å². The molecule has 1 heterocycles. The van der Waals surface area contributed by atoms with Gasteiger partial charge in [0.1, 0.15) is 23.0 Å². The lowest BCUT2D eigenvalue weighted by atomic mass is 10.1. The number of anilines is 1. The molecule has 3 rings (SSSR count). The normalized spacial score (nSPS) is 10.5. The number of benzene rings is 2. The smallest absolute Gasteiger partial charge is 0.273 e. The Morgan fingerprint density at radius 1 is 1.15 bits per heavy atom. The molecule has 0 aliphatic heterocycles. The molecule has 0 radical (unpaired) electrons. The molecule has 0 unspecified atom stereocenters. The summed E-state index contributed by atoms with van der Waals surface area (Å²) < 4.78 is 24.1. The average Bonchev–Trinajstić information content (AvgIpc) is 3.15. The van der Waals surface area contributed by atoms with E-state index in [1.807, 2.05) is 0 Å². The van der Waals surface area contributed by atoms with E-state index in [1.54, 1.807) is 57.5 Å². The quantitative estimate of drug-likeness (QED) is 0.730. The Hall–Kier alpha value is -3.35. The van der Waals surface area contributed by atoms with E-state index >= 15 is 0 Å². The summed E-state index contributed by atoms with van der Waals surface area (Å²) in [5, 5.41) is 9.55. The highest BCUT2D eigenvalue weighted by molar-refractivity contribution is 6.03. The maximum Gasteiger partial charge on any atom is 0.273 e. The molecule has 0 spiro atoms. The molecule has 2 N–H and O–H groups in total. The number of hydrogen-bond acceptors (Lipinski definition) is 4. The summed E-state index contributed by atoms with van der Waals surface area (Å²) in [6, 6.07) is 11.4. The van der Waals surface area contributed by atoms with Gasteiger partial charge in [0.25, 0.3) is 5.91 Å². The van der Waals surface area contributed by atoms with E-state index in [-0.39, 0.29) is 11.5 Å². The van der Waals surface area contributed by atoms with Gasteiger partial charge < -0.3 is 14.8 Å². The lowest BCUT2D eigenvalue weighted by Gasteiger charge is -2.08. The van der Waals surface area contributed by atoms with Crippen LogP contribution in [0.3, 0.4) is 0 Å². The molecule has 134 valence electrons. The summed E-state index contributed by atoms with van der Waals surface area (Å²) >= 11 is 0. The van der Waals surface area contributed by atoms with Crippen LogP contribution in [-0.2, 0) is 0 Å². The highest BCUT2D eigenvalue weighted by Crippen LogP contribution is 2.32. The molecule has 0 saturated carbocycles. The summed E-state index contributed by atoms with van der Waals surface area (Å²) in [5.41, 5.74) is 2.29. The van der Waals surface area contributed by atoms with Gasteiger partial charge in [-0.05, 0) is 37.3 Å². The van der Waals surface area contributed by atoms with Crippen LogP contribution in [0, 0.1) is 12.7 Å². The molecular formula is C19H18FN3O3. The van der Waals surface area contributed by atoms with Crippen molar-refractivity contribution in [3.05, 3.63) is 59.5 Å². The van der Waals surface area contributed by atoms with Gasteiger partial charge >= 0.3 is 0 Å². The summed E-state index contributed by atoms with van der Waals surface area (Å²) in [4.78, 5) is 12.4. The molecule has 7 heteroatoms. The standard InChI is InChI=1S/C19H18FN3O3/c1-11-14(20)5-4-6-15(11)21-19(24)17-10-16(22-23-17)13-8-7-12(25-2)9-18(13)26-3/h4-10H,1-3H3,(H,21,24)(H,22,23). The number of halogens is 1. The SMILES string of the molecule is COc1ccc(-c2cc(C(=O)Nc3cccc(F)c3C)[nH]n2)c(OC)c1. The van der Waals surface area contributed by atoms with Gasteiger partial charge in [0.15, 0.2) is 0 Å². The number of ether oxygens (including phenoxy) is 2. The van der Waals surface area contributed by atoms with E-state index in [0.29, 0.717) is 34.0 Å². The van der Waals surface area contributed by atoms with Crippen molar-refractivity contribution in [3.8, 4) is 22.8 Å². The zero-order chi connectivity index (χ0) is 18.7. The van der Waals surface area contributed by atoms with Crippen molar-refractivity contribution in [1.82, 2.24) is 10.2 Å². The number of methoxy groups -OCH3 is 2. The fourth-order valence-corrected chi connectivity index (χ4v) is 2.52. The minimum atomic E-state index is -0.412. The predicted molar refractivity (Wildman–Crippen MR) is 96.2 cm³/mol. The number of H-pyrrole nitrogens is 1. The lowest BCUT2D eigenvalue weighted by Crippen LogP contribution is -2.13. The summed E-state index contributed by atoms with van der Waals surface area (Å²) in [5.74, 6) is 0.436. The minimum absolute atomic E-state index is 0.251. The number of carbonyl (C=O) groups excluding carboxylic acids is 1. The minimum Gasteiger partial charge on any atom is -0.497 e. The number of aromatic amines is 1. The van der Waals surface area contributed by atoms with Crippen LogP contribution in [-0.4, -0.2) is 30.3 Å². The van der Waals surface area contributed by atoms with Gasteiger partial charge in [0, 0.05) is 22.9 Å². The first-order valence-corrected chi connectivity index (χ1v) is 7.87. The summed E-state index contributed by atoms with van der Waals surface area (Å²) in [6.45, 7) is 1.60. The first kappa shape index (κ1) is 17.5. The van der Waals surface area contributed by atoms with Gasteiger partial charge in [-0.15, -0.1) is 0 Å². The van der Waals surface area contributed by atoms with Crippen LogP contribution in [0.1, 0.15) is 16.1 Å². The summed E-state index contributed by atoms with van der Waals surface area (Å²) in [7, 11) is 3.12. The highest BCUT2D eigenvalue weighted by Gasteiger charge is 2.16. The Labute approximate surface area is 150 Å². The van der Waals surface area contributed by atoms with E-state index in [0.717, 1.165) is 0 Å². The van der Waals surface area contributed by atoms with Crippen LogP contribution in [0.4, 0.5) is 10.1 Å². The monoisotopic (exact) mass is 355 g/mol. The molecule has 2 aromatic carbocycles. The fraction of sp³-hybridized carbons (Fsp3) is 0.158. The van der Waals surface area contributed by atoms with Crippen LogP contribution >= 0.6 is 0 Å². The maximum atomic E-state index is 13.6. The lowest BCUT2D eigenvalue weighted by molar-refractivity contribution is 0.102. The molecule has 3 aromatic rings. The molecule has 0 aliphatic carbocycles. The van der Waals surface area contributed by atoms with E-state index in [4.69, 9.17) is 9.47 Å². The van der Waals surface area contributed by atoms with Crippen LogP contribution in [0.25, 0.3) is 11.3 Å². The molecule has 0 bridgehead atoms. The average molecular weight is 355 g/mol. The molecule has 0 aliphatic rings. The van der Waals surface area contributed by atoms with Crippen molar-refractivity contribution in [2.24, 2.45) is 0 Å². The molecular weight excluding hydrogens is 337 g/mol. The first-order chi connectivity index (χ1) is 12.5. The van der Waals surface area contributed by atoms with E-state index < -0.39 is 5.91 Å². The Kier molecular flexibility index (Phi) is 4.88. The van der Waals surface area contributed by atoms with Crippen molar-refractivity contribution in [2.45, 2.75) is 6.92 Å². The number of amides is 1. The van der Waals surface area contributed by atoms with Gasteiger partial charge in [-0.25, -0.2) is 4.39 Å². The summed E-state index contributed by atoms with van der Waals surface area (Å²) in [6.07, 6.45) is 0. The maximum absolute atomic E-state index is 13.6. The number of hydrogen-bond donors (Lipinski definition) is 2. The number of rotatable bonds is 5. The number of nitrogens with one attached hydrogen (secondary N) is 2. The number of aromatic nitrogens is 2. The largest absolute Gasteiger partial charge is 0.497 e. The third-order valence-electron chi connectivity index (χ3n) is 4.02. The van der Waals surface area contributed by atoms with E-state index in [9.17, 15) is 9.18 Å². The molecule has 0 atom stereocenters. The van der Waals surface area contributed by atoms with Gasteiger partial charge in [0.2, 0.25) is 0 Å². The molecule has 26 heavy (non-hydrogen) atoms. The number of nitrogens with zero attached hydrogens (tertiary/aromatic N) is 1. The fourth-order valence-electron chi connectivity index (χ4n) is 2.52. The van der Waals surface area contributed by atoms with Crippen molar-refractivity contribution in [2.75, 3.05) is 19.5 Å². The van der Waals surface area contributed by atoms with E-state index in [1.165, 1.54) is 6.07 Å². The Morgan fingerprint density at radius 3 is 2.69 bits per heavy atom. The van der Waals surface area contributed by atoms with Gasteiger partial charge in [-0.3, -0.25) is 9.89 Å². The first-order valence-electron chi connectivity index (χ1n) is 7.87. The van der Waals surface area contributed by atoms with Gasteiger partial charge in [-0.2, -0.15) is 5.10 Å². The van der Waals surface area contributed by atoms with Gasteiger partial charge in [-0.1, -0.05) is 6.07 Å². The van der Waals surface area contributed by atoms with Crippen LogP contribution in [0.5, 0.6) is 11.5 Å². The molecule has 0 saturated heterocycles. The second kappa shape index (κ2) is 7.26. The van der Waals surface area contributed by atoms with Crippen LogP contribution < -0.4 is 14.8 Å². The Morgan fingerprint density at radius 2 is 1.96 bits per heavy atom. The number of carbonyl (C=O) groups is 1. The predicted octanol–water partition coefficient (Wildman–Crippen LogP) is 3.79. The van der Waals surface area contributed by atoms with Crippen LogP contribution in [0.15, 0.2) is 42.5 Å². The highest BCUT2D eigenvalue weighted by atomic mass is 19.1. The van der Waals surface area contributed by atoms with Gasteiger partial charge in [0.05, 0.1) is 19.9 Å². The zero-order valence-corrected chi connectivity index (χ0v) is 14.6. The Bertz CT molecular complexity index is 953. The zero-order valence-electron chi connectivity index (χ0n) is 14.6. The molecule has 1 amide bonds. The molecule has 0 fully saturated rings. The molecule has 6 nitrogen and oxygen atoms in total. The second-order valence-corrected chi connectivity index (χ2v) is 5.60. The van der Waals surface area contributed by atoms with Crippen molar-refractivity contribution >= 4 is 11.6 Å². The Balaban J connectivity index is 1.86. The van der Waals surface area contributed by atoms with Crippen molar-refractivity contribution in [1.29, 1.82) is 0 Å². The topological polar surface area (TPSA) is 76.2 Å². The third kappa shape index (κ3) is 3.37. The second-order valence-electron chi connectivity index (χ2n) is 5.60. The van der Waals surface area contributed by atoms with Crippen molar-refractivity contribution in [3.63, 3.8) is 0 Å².